The number of benzene rings is 1. The number of Topliss-reactive ketones (excluding diaryl/α,β-unsaturated/α-hetero) is 1. The van der Waals surface area contributed by atoms with Crippen LogP contribution < -0.4 is 15.2 Å². The molecule has 0 aromatic heterocycles. The van der Waals surface area contributed by atoms with E-state index < -0.39 is 0 Å². The summed E-state index contributed by atoms with van der Waals surface area (Å²) in [6.45, 7) is 0.244. The lowest BCUT2D eigenvalue weighted by Crippen LogP contribution is -2.27. The molecule has 4 nitrogen and oxygen atoms in total. The van der Waals surface area contributed by atoms with E-state index in [2.05, 4.69) is 0 Å². The smallest absolute Gasteiger partial charge is 0.231 e. The van der Waals surface area contributed by atoms with E-state index in [9.17, 15) is 4.79 Å². The molecule has 102 valence electrons. The molecule has 1 fully saturated rings. The van der Waals surface area contributed by atoms with Crippen LogP contribution in [0, 0.1) is 5.92 Å². The summed E-state index contributed by atoms with van der Waals surface area (Å²) in [4.78, 5) is 12.3. The first-order valence-corrected chi connectivity index (χ1v) is 6.91. The highest BCUT2D eigenvalue weighted by molar-refractivity contribution is 5.96. The highest BCUT2D eigenvalue weighted by Gasteiger charge is 2.22. The van der Waals surface area contributed by atoms with E-state index in [1.54, 1.807) is 6.07 Å². The SMILES string of the molecule is NC1CCC(CC(=O)c2ccc3c(c2)OCO3)CC1. The third-order valence-electron chi connectivity index (χ3n) is 4.06. The standard InChI is InChI=1S/C15H19NO3/c16-12-4-1-10(2-5-12)7-13(17)11-3-6-14-15(8-11)19-9-18-14/h3,6,8,10,12H,1-2,4-5,7,9,16H2. The molecule has 1 aliphatic heterocycles. The van der Waals surface area contributed by atoms with Gasteiger partial charge in [0, 0.05) is 18.0 Å². The maximum absolute atomic E-state index is 12.3. The summed E-state index contributed by atoms with van der Waals surface area (Å²) in [5, 5.41) is 0. The summed E-state index contributed by atoms with van der Waals surface area (Å²) in [5.74, 6) is 2.08. The summed E-state index contributed by atoms with van der Waals surface area (Å²) in [7, 11) is 0. The number of carbonyl (C=O) groups is 1. The van der Waals surface area contributed by atoms with E-state index >= 15 is 0 Å². The van der Waals surface area contributed by atoms with Crippen LogP contribution in [0.2, 0.25) is 0 Å². The lowest BCUT2D eigenvalue weighted by molar-refractivity contribution is 0.0947. The number of nitrogens with two attached hydrogens (primary N) is 1. The maximum Gasteiger partial charge on any atom is 0.231 e. The first-order chi connectivity index (χ1) is 9.22. The molecule has 0 spiro atoms. The van der Waals surface area contributed by atoms with Gasteiger partial charge in [-0.3, -0.25) is 4.79 Å². The van der Waals surface area contributed by atoms with E-state index in [0.29, 0.717) is 24.1 Å². The molecule has 0 amide bonds. The molecule has 1 saturated carbocycles. The average Bonchev–Trinajstić information content (AvgIpc) is 2.88. The van der Waals surface area contributed by atoms with Gasteiger partial charge in [0.05, 0.1) is 0 Å². The second kappa shape index (κ2) is 5.21. The van der Waals surface area contributed by atoms with Gasteiger partial charge in [-0.25, -0.2) is 0 Å². The third-order valence-corrected chi connectivity index (χ3v) is 4.06. The minimum absolute atomic E-state index is 0.193. The second-order valence-electron chi connectivity index (χ2n) is 5.48. The number of hydrogen-bond acceptors (Lipinski definition) is 4. The summed E-state index contributed by atoms with van der Waals surface area (Å²) in [6, 6.07) is 5.76. The van der Waals surface area contributed by atoms with Crippen molar-refractivity contribution in [3.8, 4) is 11.5 Å². The van der Waals surface area contributed by atoms with E-state index in [1.807, 2.05) is 12.1 Å². The number of ketones is 1. The third kappa shape index (κ3) is 2.73. The molecule has 1 aromatic carbocycles. The lowest BCUT2D eigenvalue weighted by atomic mass is 9.82. The maximum atomic E-state index is 12.3. The van der Waals surface area contributed by atoms with Crippen LogP contribution in [-0.4, -0.2) is 18.6 Å². The Labute approximate surface area is 112 Å². The molecule has 2 N–H and O–H groups in total. The average molecular weight is 261 g/mol. The minimum Gasteiger partial charge on any atom is -0.454 e. The zero-order valence-electron chi connectivity index (χ0n) is 10.9. The molecule has 2 aliphatic rings. The van der Waals surface area contributed by atoms with Gasteiger partial charge in [0.1, 0.15) is 0 Å². The van der Waals surface area contributed by atoms with Crippen molar-refractivity contribution >= 4 is 5.78 Å². The Morgan fingerprint density at radius 2 is 1.89 bits per heavy atom. The molecular weight excluding hydrogens is 242 g/mol. The molecule has 1 heterocycles. The van der Waals surface area contributed by atoms with Crippen LogP contribution in [0.15, 0.2) is 18.2 Å². The van der Waals surface area contributed by atoms with Gasteiger partial charge in [0.25, 0.3) is 0 Å². The lowest BCUT2D eigenvalue weighted by Gasteiger charge is -2.25. The summed E-state index contributed by atoms with van der Waals surface area (Å²) in [5.41, 5.74) is 6.61. The zero-order chi connectivity index (χ0) is 13.2. The molecule has 0 radical (unpaired) electrons. The number of carbonyl (C=O) groups excluding carboxylic acids is 1. The Morgan fingerprint density at radius 3 is 2.68 bits per heavy atom. The molecule has 19 heavy (non-hydrogen) atoms. The van der Waals surface area contributed by atoms with Crippen LogP contribution in [0.4, 0.5) is 0 Å². The van der Waals surface area contributed by atoms with Gasteiger partial charge in [-0.1, -0.05) is 0 Å². The second-order valence-corrected chi connectivity index (χ2v) is 5.48. The predicted molar refractivity (Wildman–Crippen MR) is 71.4 cm³/mol. The van der Waals surface area contributed by atoms with E-state index in [4.69, 9.17) is 15.2 Å². The molecular formula is C15H19NO3. The molecule has 0 saturated heterocycles. The fourth-order valence-electron chi connectivity index (χ4n) is 2.84. The topological polar surface area (TPSA) is 61.6 Å². The number of ether oxygens (including phenoxy) is 2. The summed E-state index contributed by atoms with van der Waals surface area (Å²) in [6.07, 6.45) is 4.83. The Hall–Kier alpha value is -1.55. The van der Waals surface area contributed by atoms with Crippen molar-refractivity contribution in [3.05, 3.63) is 23.8 Å². The normalized spacial score (nSPS) is 25.3. The van der Waals surface area contributed by atoms with E-state index in [0.717, 1.165) is 37.0 Å². The summed E-state index contributed by atoms with van der Waals surface area (Å²) >= 11 is 0. The van der Waals surface area contributed by atoms with Gasteiger partial charge in [0.15, 0.2) is 17.3 Å². The molecule has 1 aliphatic carbocycles. The summed E-state index contributed by atoms with van der Waals surface area (Å²) < 4.78 is 10.5. The van der Waals surface area contributed by atoms with Gasteiger partial charge >= 0.3 is 0 Å². The van der Waals surface area contributed by atoms with E-state index in [-0.39, 0.29) is 12.6 Å². The molecule has 1 aromatic rings. The number of rotatable bonds is 3. The molecule has 0 bridgehead atoms. The predicted octanol–water partition coefficient (Wildman–Crippen LogP) is 2.51. The Balaban J connectivity index is 1.64. The fraction of sp³-hybridized carbons (Fsp3) is 0.533. The highest BCUT2D eigenvalue weighted by atomic mass is 16.7. The van der Waals surface area contributed by atoms with Crippen LogP contribution in [-0.2, 0) is 0 Å². The molecule has 4 heteroatoms. The van der Waals surface area contributed by atoms with Gasteiger partial charge in [-0.15, -0.1) is 0 Å². The Morgan fingerprint density at radius 1 is 1.16 bits per heavy atom. The van der Waals surface area contributed by atoms with Crippen molar-refractivity contribution in [1.29, 1.82) is 0 Å². The van der Waals surface area contributed by atoms with Crippen molar-refractivity contribution in [2.24, 2.45) is 11.7 Å². The fourth-order valence-corrected chi connectivity index (χ4v) is 2.84. The quantitative estimate of drug-likeness (QED) is 0.849. The molecule has 0 atom stereocenters. The van der Waals surface area contributed by atoms with Crippen molar-refractivity contribution < 1.29 is 14.3 Å². The van der Waals surface area contributed by atoms with Crippen molar-refractivity contribution in [2.75, 3.05) is 6.79 Å². The van der Waals surface area contributed by atoms with E-state index in [1.165, 1.54) is 0 Å². The van der Waals surface area contributed by atoms with Crippen molar-refractivity contribution in [3.63, 3.8) is 0 Å². The van der Waals surface area contributed by atoms with Gasteiger partial charge in [0.2, 0.25) is 6.79 Å². The number of fused-ring (bicyclic) bond motifs is 1. The monoisotopic (exact) mass is 261 g/mol. The largest absolute Gasteiger partial charge is 0.454 e. The Kier molecular flexibility index (Phi) is 3.42. The zero-order valence-corrected chi connectivity index (χ0v) is 10.9. The van der Waals surface area contributed by atoms with Crippen LogP contribution >= 0.6 is 0 Å². The van der Waals surface area contributed by atoms with Gasteiger partial charge < -0.3 is 15.2 Å². The molecule has 3 rings (SSSR count). The number of hydrogen-bond donors (Lipinski definition) is 1. The first-order valence-electron chi connectivity index (χ1n) is 6.91. The molecule has 0 unspecified atom stereocenters. The van der Waals surface area contributed by atoms with Crippen LogP contribution in [0.5, 0.6) is 11.5 Å². The van der Waals surface area contributed by atoms with Crippen molar-refractivity contribution in [1.82, 2.24) is 0 Å². The highest BCUT2D eigenvalue weighted by Crippen LogP contribution is 2.34. The first kappa shape index (κ1) is 12.5. The van der Waals surface area contributed by atoms with Gasteiger partial charge in [-0.05, 0) is 49.8 Å². The van der Waals surface area contributed by atoms with Crippen molar-refractivity contribution in [2.45, 2.75) is 38.1 Å². The van der Waals surface area contributed by atoms with Crippen LogP contribution in [0.1, 0.15) is 42.5 Å². The van der Waals surface area contributed by atoms with Gasteiger partial charge in [-0.2, -0.15) is 0 Å². The van der Waals surface area contributed by atoms with Crippen LogP contribution in [0.25, 0.3) is 0 Å². The van der Waals surface area contributed by atoms with Crippen LogP contribution in [0.3, 0.4) is 0 Å². The Bertz CT molecular complexity index is 478. The minimum atomic E-state index is 0.193.